The van der Waals surface area contributed by atoms with Gasteiger partial charge >= 0.3 is 0 Å². The molecule has 0 saturated heterocycles. The summed E-state index contributed by atoms with van der Waals surface area (Å²) in [6.07, 6.45) is 3.23. The second-order valence-electron chi connectivity index (χ2n) is 6.96. The van der Waals surface area contributed by atoms with E-state index in [1.54, 1.807) is 17.0 Å². The first-order valence-corrected chi connectivity index (χ1v) is 9.27. The molecule has 5 heteroatoms. The van der Waals surface area contributed by atoms with Crippen LogP contribution in [-0.4, -0.2) is 36.3 Å². The zero-order valence-electron chi connectivity index (χ0n) is 15.7. The molecule has 0 saturated carbocycles. The fourth-order valence-corrected chi connectivity index (χ4v) is 3.29. The van der Waals surface area contributed by atoms with Crippen molar-refractivity contribution < 1.29 is 19.4 Å². The Morgan fingerprint density at radius 2 is 1.82 bits per heavy atom. The predicted octanol–water partition coefficient (Wildman–Crippen LogP) is 3.92. The van der Waals surface area contributed by atoms with Crippen molar-refractivity contribution in [3.63, 3.8) is 0 Å². The summed E-state index contributed by atoms with van der Waals surface area (Å²) in [7, 11) is 1.83. The van der Waals surface area contributed by atoms with Gasteiger partial charge in [0, 0.05) is 13.6 Å². The van der Waals surface area contributed by atoms with Crippen LogP contribution in [0.15, 0.2) is 54.6 Å². The third kappa shape index (κ3) is 4.03. The lowest BCUT2D eigenvalue weighted by molar-refractivity contribution is -0.129. The van der Waals surface area contributed by atoms with Crippen LogP contribution in [0.2, 0.25) is 0 Å². The molecule has 143 valence electrons. The maximum absolute atomic E-state index is 12.5. The maximum atomic E-state index is 12.5. The third-order valence-corrected chi connectivity index (χ3v) is 4.91. The molecule has 0 aromatic heterocycles. The largest absolute Gasteiger partial charge is 0.508 e. The minimum Gasteiger partial charge on any atom is -0.508 e. The smallest absolute Gasteiger partial charge is 0.231 e. The van der Waals surface area contributed by atoms with E-state index in [1.807, 2.05) is 43.4 Å². The van der Waals surface area contributed by atoms with Gasteiger partial charge in [0.05, 0.1) is 6.42 Å². The van der Waals surface area contributed by atoms with Crippen LogP contribution in [0.1, 0.15) is 17.5 Å². The molecule has 3 aromatic carbocycles. The van der Waals surface area contributed by atoms with Crippen LogP contribution < -0.4 is 9.47 Å². The number of aromatic hydroxyl groups is 1. The van der Waals surface area contributed by atoms with Crippen molar-refractivity contribution in [2.24, 2.45) is 0 Å². The number of likely N-dealkylation sites (N-methyl/N-ethyl adjacent to an activating group) is 1. The predicted molar refractivity (Wildman–Crippen MR) is 108 cm³/mol. The molecule has 0 spiro atoms. The van der Waals surface area contributed by atoms with E-state index in [1.165, 1.54) is 0 Å². The first kappa shape index (κ1) is 18.2. The third-order valence-electron chi connectivity index (χ3n) is 4.91. The first-order valence-electron chi connectivity index (χ1n) is 9.27. The van der Waals surface area contributed by atoms with Gasteiger partial charge in [-0.2, -0.15) is 0 Å². The topological polar surface area (TPSA) is 59.0 Å². The monoisotopic (exact) mass is 376 g/mol. The number of ether oxygens (including phenoxy) is 2. The fraction of sp³-hybridized carbons (Fsp3) is 0.217. The summed E-state index contributed by atoms with van der Waals surface area (Å²) in [5.74, 6) is 1.77. The second kappa shape index (κ2) is 7.80. The van der Waals surface area contributed by atoms with Crippen LogP contribution in [0, 0.1) is 6.42 Å². The van der Waals surface area contributed by atoms with Crippen LogP contribution in [0.25, 0.3) is 10.8 Å². The quantitative estimate of drug-likeness (QED) is 0.708. The molecule has 0 aliphatic carbocycles. The molecule has 1 radical (unpaired) electrons. The lowest BCUT2D eigenvalue weighted by Crippen LogP contribution is -2.29. The van der Waals surface area contributed by atoms with Gasteiger partial charge in [-0.15, -0.1) is 0 Å². The number of hydrogen-bond acceptors (Lipinski definition) is 4. The van der Waals surface area contributed by atoms with E-state index in [0.717, 1.165) is 34.1 Å². The molecule has 28 heavy (non-hydrogen) atoms. The van der Waals surface area contributed by atoms with E-state index in [0.29, 0.717) is 18.7 Å². The Kier molecular flexibility index (Phi) is 5.06. The van der Waals surface area contributed by atoms with Gasteiger partial charge in [0.25, 0.3) is 0 Å². The van der Waals surface area contributed by atoms with Crippen molar-refractivity contribution in [3.05, 3.63) is 72.1 Å². The van der Waals surface area contributed by atoms with Crippen LogP contribution in [-0.2, 0) is 11.2 Å². The van der Waals surface area contributed by atoms with Crippen molar-refractivity contribution >= 4 is 16.7 Å². The normalized spacial score (nSPS) is 12.3. The summed E-state index contributed by atoms with van der Waals surface area (Å²) in [4.78, 5) is 14.2. The number of fused-ring (bicyclic) bond motifs is 2. The minimum atomic E-state index is 0.0706. The van der Waals surface area contributed by atoms with E-state index < -0.39 is 0 Å². The fourth-order valence-electron chi connectivity index (χ4n) is 3.29. The van der Waals surface area contributed by atoms with Gasteiger partial charge in [-0.25, -0.2) is 0 Å². The van der Waals surface area contributed by atoms with Crippen LogP contribution >= 0.6 is 0 Å². The van der Waals surface area contributed by atoms with Crippen LogP contribution in [0.3, 0.4) is 0 Å². The molecule has 1 aliphatic rings. The number of amides is 1. The molecule has 0 bridgehead atoms. The number of nitrogens with zero attached hydrogens (tertiary/aromatic N) is 1. The number of phenols is 1. The molecule has 3 aromatic rings. The molecule has 0 fully saturated rings. The van der Waals surface area contributed by atoms with Crippen LogP contribution in [0.4, 0.5) is 0 Å². The number of hydrogen-bond donors (Lipinski definition) is 1. The van der Waals surface area contributed by atoms with E-state index in [2.05, 4.69) is 12.5 Å². The minimum absolute atomic E-state index is 0.0706. The van der Waals surface area contributed by atoms with Gasteiger partial charge < -0.3 is 19.5 Å². The van der Waals surface area contributed by atoms with Gasteiger partial charge in [0.1, 0.15) is 5.75 Å². The van der Waals surface area contributed by atoms with Crippen molar-refractivity contribution in [1.82, 2.24) is 4.90 Å². The zero-order chi connectivity index (χ0) is 19.5. The van der Waals surface area contributed by atoms with Gasteiger partial charge in [0.15, 0.2) is 11.5 Å². The highest BCUT2D eigenvalue weighted by Crippen LogP contribution is 2.32. The highest BCUT2D eigenvalue weighted by Gasteiger charge is 2.16. The number of carbonyl (C=O) groups excluding carboxylic acids is 1. The Bertz CT molecular complexity index is 1010. The van der Waals surface area contributed by atoms with Gasteiger partial charge in [0.2, 0.25) is 12.7 Å². The molecule has 5 nitrogen and oxygen atoms in total. The lowest BCUT2D eigenvalue weighted by Gasteiger charge is -2.17. The summed E-state index contributed by atoms with van der Waals surface area (Å²) < 4.78 is 10.7. The summed E-state index contributed by atoms with van der Waals surface area (Å²) in [6.45, 7) is 0.884. The van der Waals surface area contributed by atoms with Gasteiger partial charge in [-0.3, -0.25) is 4.79 Å². The average Bonchev–Trinajstić information content (AvgIpc) is 3.15. The van der Waals surface area contributed by atoms with Gasteiger partial charge in [-0.05, 0) is 59.0 Å². The molecule has 1 heterocycles. The Balaban J connectivity index is 1.29. The second-order valence-corrected chi connectivity index (χ2v) is 6.96. The highest BCUT2D eigenvalue weighted by atomic mass is 16.7. The molecular weight excluding hydrogens is 354 g/mol. The van der Waals surface area contributed by atoms with E-state index in [9.17, 15) is 9.90 Å². The molecule has 1 amide bonds. The molecule has 1 N–H and O–H groups in total. The van der Waals surface area contributed by atoms with E-state index >= 15 is 0 Å². The molecule has 1 aliphatic heterocycles. The van der Waals surface area contributed by atoms with Crippen LogP contribution in [0.5, 0.6) is 17.2 Å². The maximum Gasteiger partial charge on any atom is 0.231 e. The SMILES string of the molecule is CN(CC[CH]c1ccc2cc(O)ccc2c1)C(=O)Cc1ccc2c(c1)OCO2. The Hall–Kier alpha value is -3.21. The molecular formula is C23H22NO4. The molecule has 4 rings (SSSR count). The Morgan fingerprint density at radius 1 is 1.04 bits per heavy atom. The standard InChI is InChI=1S/C23H22NO4/c1-24(23(26)13-17-5-9-21-22(12-17)28-15-27-21)10-2-3-16-4-6-19-14-20(25)8-7-18(19)11-16/h3-9,11-12,14,25H,2,10,13,15H2,1H3. The van der Waals surface area contributed by atoms with Crippen molar-refractivity contribution in [2.75, 3.05) is 20.4 Å². The number of rotatable bonds is 6. The number of benzene rings is 3. The van der Waals surface area contributed by atoms with E-state index in [4.69, 9.17) is 9.47 Å². The Labute approximate surface area is 164 Å². The van der Waals surface area contributed by atoms with E-state index in [-0.39, 0.29) is 18.4 Å². The number of phenolic OH excluding ortho intramolecular Hbond substituents is 1. The summed E-state index contributed by atoms with van der Waals surface area (Å²) in [5.41, 5.74) is 2.03. The molecule has 0 unspecified atom stereocenters. The lowest BCUT2D eigenvalue weighted by atomic mass is 10.0. The van der Waals surface area contributed by atoms with Crippen molar-refractivity contribution in [1.29, 1.82) is 0 Å². The summed E-state index contributed by atoms with van der Waals surface area (Å²) in [6, 6.07) is 17.1. The van der Waals surface area contributed by atoms with Gasteiger partial charge in [-0.1, -0.05) is 30.3 Å². The summed E-state index contributed by atoms with van der Waals surface area (Å²) >= 11 is 0. The zero-order valence-corrected chi connectivity index (χ0v) is 15.7. The number of carbonyl (C=O) groups is 1. The first-order chi connectivity index (χ1) is 13.6. The van der Waals surface area contributed by atoms with Crippen molar-refractivity contribution in [3.8, 4) is 17.2 Å². The molecule has 0 atom stereocenters. The average molecular weight is 376 g/mol. The summed E-state index contributed by atoms with van der Waals surface area (Å²) in [5, 5.41) is 11.6. The Morgan fingerprint density at radius 3 is 2.71 bits per heavy atom. The van der Waals surface area contributed by atoms with Crippen molar-refractivity contribution in [2.45, 2.75) is 12.8 Å². The highest BCUT2D eigenvalue weighted by molar-refractivity contribution is 5.84.